The lowest BCUT2D eigenvalue weighted by Crippen LogP contribution is -2.33. The van der Waals surface area contributed by atoms with Gasteiger partial charge in [-0.1, -0.05) is 6.42 Å². The molecule has 0 radical (unpaired) electrons. The van der Waals surface area contributed by atoms with Gasteiger partial charge in [0.1, 0.15) is 17.9 Å². The molecule has 1 fully saturated rings. The maximum absolute atomic E-state index is 5.87. The SMILES string of the molecule is c1cc2nc(-c3ccc(OCCN4CCCCC4)cc3)cnc2[nH]1. The fourth-order valence-corrected chi connectivity index (χ4v) is 3.17. The Bertz CT molecular complexity index is 790. The Morgan fingerprint density at radius 2 is 1.88 bits per heavy atom. The van der Waals surface area contributed by atoms with Gasteiger partial charge in [0.2, 0.25) is 0 Å². The van der Waals surface area contributed by atoms with E-state index in [1.54, 1.807) is 6.20 Å². The van der Waals surface area contributed by atoms with Crippen LogP contribution in [0.1, 0.15) is 19.3 Å². The fraction of sp³-hybridized carbons (Fsp3) is 0.368. The van der Waals surface area contributed by atoms with Gasteiger partial charge in [0.05, 0.1) is 11.9 Å². The number of likely N-dealkylation sites (tertiary alicyclic amines) is 1. The van der Waals surface area contributed by atoms with Crippen LogP contribution < -0.4 is 4.74 Å². The van der Waals surface area contributed by atoms with E-state index in [4.69, 9.17) is 4.74 Å². The second kappa shape index (κ2) is 7.01. The van der Waals surface area contributed by atoms with E-state index in [1.807, 2.05) is 36.5 Å². The van der Waals surface area contributed by atoms with Crippen LogP contribution in [0.5, 0.6) is 5.75 Å². The zero-order valence-corrected chi connectivity index (χ0v) is 13.7. The molecule has 2 aromatic heterocycles. The molecule has 3 heterocycles. The zero-order chi connectivity index (χ0) is 16.2. The molecule has 0 aliphatic carbocycles. The number of nitrogens with one attached hydrogen (secondary N) is 1. The molecule has 0 saturated carbocycles. The van der Waals surface area contributed by atoms with Gasteiger partial charge in [-0.3, -0.25) is 4.90 Å². The zero-order valence-electron chi connectivity index (χ0n) is 13.7. The van der Waals surface area contributed by atoms with E-state index in [2.05, 4.69) is 19.9 Å². The quantitative estimate of drug-likeness (QED) is 0.781. The summed E-state index contributed by atoms with van der Waals surface area (Å²) in [6.45, 7) is 4.18. The average molecular weight is 322 g/mol. The van der Waals surface area contributed by atoms with Gasteiger partial charge in [-0.05, 0) is 56.3 Å². The lowest BCUT2D eigenvalue weighted by molar-refractivity contribution is 0.183. The van der Waals surface area contributed by atoms with Crippen molar-refractivity contribution in [1.82, 2.24) is 19.9 Å². The molecule has 1 N–H and O–H groups in total. The molecule has 0 amide bonds. The number of aromatic nitrogens is 3. The molecule has 1 saturated heterocycles. The van der Waals surface area contributed by atoms with E-state index in [9.17, 15) is 0 Å². The van der Waals surface area contributed by atoms with Gasteiger partial charge in [-0.2, -0.15) is 0 Å². The van der Waals surface area contributed by atoms with E-state index in [0.29, 0.717) is 0 Å². The number of hydrogen-bond donors (Lipinski definition) is 1. The molecule has 1 aliphatic rings. The van der Waals surface area contributed by atoms with E-state index in [0.717, 1.165) is 41.3 Å². The molecule has 4 rings (SSSR count). The minimum Gasteiger partial charge on any atom is -0.492 e. The molecule has 5 nitrogen and oxygen atoms in total. The molecule has 3 aromatic rings. The van der Waals surface area contributed by atoms with Crippen LogP contribution in [0.25, 0.3) is 22.4 Å². The van der Waals surface area contributed by atoms with E-state index < -0.39 is 0 Å². The van der Waals surface area contributed by atoms with Crippen molar-refractivity contribution in [3.63, 3.8) is 0 Å². The summed E-state index contributed by atoms with van der Waals surface area (Å²) in [7, 11) is 0. The van der Waals surface area contributed by atoms with Crippen molar-refractivity contribution < 1.29 is 4.74 Å². The standard InChI is InChI=1S/C19H22N4O/c1-2-10-23(11-3-1)12-13-24-16-6-4-15(5-7-16)18-14-21-19-17(22-18)8-9-20-19/h4-9,14H,1-3,10-13H2,(H,20,21). The monoisotopic (exact) mass is 322 g/mol. The predicted molar refractivity (Wildman–Crippen MR) is 95.1 cm³/mol. The van der Waals surface area contributed by atoms with E-state index >= 15 is 0 Å². The minimum atomic E-state index is 0.745. The first-order chi connectivity index (χ1) is 11.9. The smallest absolute Gasteiger partial charge is 0.156 e. The van der Waals surface area contributed by atoms with Crippen LogP contribution in [0, 0.1) is 0 Å². The highest BCUT2D eigenvalue weighted by Gasteiger charge is 2.09. The van der Waals surface area contributed by atoms with Gasteiger partial charge in [0, 0.05) is 18.3 Å². The van der Waals surface area contributed by atoms with Crippen molar-refractivity contribution in [2.45, 2.75) is 19.3 Å². The predicted octanol–water partition coefficient (Wildman–Crippen LogP) is 3.49. The number of piperidine rings is 1. The molecule has 0 spiro atoms. The van der Waals surface area contributed by atoms with Crippen molar-refractivity contribution in [1.29, 1.82) is 0 Å². The third-order valence-corrected chi connectivity index (χ3v) is 4.54. The third-order valence-electron chi connectivity index (χ3n) is 4.54. The average Bonchev–Trinajstić information content (AvgIpc) is 3.11. The number of rotatable bonds is 5. The van der Waals surface area contributed by atoms with Crippen molar-refractivity contribution in [2.24, 2.45) is 0 Å². The molecule has 0 atom stereocenters. The highest BCUT2D eigenvalue weighted by Crippen LogP contribution is 2.22. The maximum atomic E-state index is 5.87. The molecule has 24 heavy (non-hydrogen) atoms. The van der Waals surface area contributed by atoms with Gasteiger partial charge in [0.25, 0.3) is 0 Å². The normalized spacial score (nSPS) is 15.7. The second-order valence-electron chi connectivity index (χ2n) is 6.24. The highest BCUT2D eigenvalue weighted by molar-refractivity contribution is 5.74. The van der Waals surface area contributed by atoms with Gasteiger partial charge in [0.15, 0.2) is 5.65 Å². The van der Waals surface area contributed by atoms with Crippen molar-refractivity contribution in [3.05, 3.63) is 42.7 Å². The van der Waals surface area contributed by atoms with Crippen molar-refractivity contribution in [3.8, 4) is 17.0 Å². The Kier molecular flexibility index (Phi) is 4.42. The number of nitrogens with zero attached hydrogens (tertiary/aromatic N) is 3. The number of benzene rings is 1. The summed E-state index contributed by atoms with van der Waals surface area (Å²) < 4.78 is 5.87. The summed E-state index contributed by atoms with van der Waals surface area (Å²) in [4.78, 5) is 14.5. The second-order valence-corrected chi connectivity index (χ2v) is 6.24. The van der Waals surface area contributed by atoms with Crippen LogP contribution in [-0.2, 0) is 0 Å². The fourth-order valence-electron chi connectivity index (χ4n) is 3.17. The molecule has 0 unspecified atom stereocenters. The van der Waals surface area contributed by atoms with E-state index in [1.165, 1.54) is 32.4 Å². The van der Waals surface area contributed by atoms with Crippen LogP contribution in [0.15, 0.2) is 42.7 Å². The summed E-state index contributed by atoms with van der Waals surface area (Å²) in [6, 6.07) is 10.0. The summed E-state index contributed by atoms with van der Waals surface area (Å²) in [5.41, 5.74) is 3.63. The number of aromatic amines is 1. The minimum absolute atomic E-state index is 0.745. The number of hydrogen-bond acceptors (Lipinski definition) is 4. The molecule has 0 bridgehead atoms. The third kappa shape index (κ3) is 3.41. The topological polar surface area (TPSA) is 54.0 Å². The first-order valence-corrected chi connectivity index (χ1v) is 8.64. The van der Waals surface area contributed by atoms with Gasteiger partial charge in [-0.15, -0.1) is 0 Å². The Labute approximate surface area is 141 Å². The Hall–Kier alpha value is -2.40. The largest absolute Gasteiger partial charge is 0.492 e. The Morgan fingerprint density at radius 3 is 2.71 bits per heavy atom. The molecule has 5 heteroatoms. The summed E-state index contributed by atoms with van der Waals surface area (Å²) in [5.74, 6) is 0.909. The summed E-state index contributed by atoms with van der Waals surface area (Å²) in [6.07, 6.45) is 7.66. The van der Waals surface area contributed by atoms with Crippen LogP contribution >= 0.6 is 0 Å². The first-order valence-electron chi connectivity index (χ1n) is 8.64. The van der Waals surface area contributed by atoms with E-state index in [-0.39, 0.29) is 0 Å². The van der Waals surface area contributed by atoms with Crippen LogP contribution in [0.4, 0.5) is 0 Å². The Balaban J connectivity index is 1.37. The van der Waals surface area contributed by atoms with Gasteiger partial charge < -0.3 is 9.72 Å². The van der Waals surface area contributed by atoms with Gasteiger partial charge in [-0.25, -0.2) is 9.97 Å². The lowest BCUT2D eigenvalue weighted by Gasteiger charge is -2.26. The van der Waals surface area contributed by atoms with Crippen molar-refractivity contribution >= 4 is 11.2 Å². The van der Waals surface area contributed by atoms with Crippen LogP contribution in [-0.4, -0.2) is 46.1 Å². The lowest BCUT2D eigenvalue weighted by atomic mass is 10.1. The van der Waals surface area contributed by atoms with Crippen molar-refractivity contribution in [2.75, 3.05) is 26.2 Å². The number of ether oxygens (including phenoxy) is 1. The highest BCUT2D eigenvalue weighted by atomic mass is 16.5. The molecule has 124 valence electrons. The van der Waals surface area contributed by atoms with Gasteiger partial charge >= 0.3 is 0 Å². The number of fused-ring (bicyclic) bond motifs is 1. The summed E-state index contributed by atoms with van der Waals surface area (Å²) in [5, 5.41) is 0. The van der Waals surface area contributed by atoms with Crippen LogP contribution in [0.3, 0.4) is 0 Å². The maximum Gasteiger partial charge on any atom is 0.156 e. The summed E-state index contributed by atoms with van der Waals surface area (Å²) >= 11 is 0. The Morgan fingerprint density at radius 1 is 1.04 bits per heavy atom. The first kappa shape index (κ1) is 15.1. The molecular weight excluding hydrogens is 300 g/mol. The number of H-pyrrole nitrogens is 1. The van der Waals surface area contributed by atoms with Crippen LogP contribution in [0.2, 0.25) is 0 Å². The molecule has 1 aromatic carbocycles. The molecular formula is C19H22N4O. The molecule has 1 aliphatic heterocycles.